The van der Waals surface area contributed by atoms with Gasteiger partial charge in [-0.15, -0.1) is 0 Å². The van der Waals surface area contributed by atoms with Crippen LogP contribution in [0.2, 0.25) is 0 Å². The van der Waals surface area contributed by atoms with Crippen LogP contribution in [-0.2, 0) is 4.74 Å². The summed E-state index contributed by atoms with van der Waals surface area (Å²) < 4.78 is 9.99. The van der Waals surface area contributed by atoms with Crippen LogP contribution in [0.25, 0.3) is 0 Å². The van der Waals surface area contributed by atoms with Crippen molar-refractivity contribution < 1.29 is 14.3 Å². The van der Waals surface area contributed by atoms with Crippen LogP contribution in [0.15, 0.2) is 18.3 Å². The van der Waals surface area contributed by atoms with Crippen molar-refractivity contribution in [3.05, 3.63) is 24.0 Å². The normalized spacial score (nSPS) is 11.0. The van der Waals surface area contributed by atoms with Gasteiger partial charge in [0.15, 0.2) is 5.69 Å². The molecule has 0 amide bonds. The Morgan fingerprint density at radius 3 is 2.81 bits per heavy atom. The minimum Gasteiger partial charge on any atom is -0.492 e. The number of nitrogens with two attached hydrogens (primary N) is 1. The number of ether oxygens (including phenoxy) is 2. The molecule has 0 radical (unpaired) electrons. The highest BCUT2D eigenvalue weighted by molar-refractivity contribution is 5.87. The Bertz CT molecular complexity index is 372. The van der Waals surface area contributed by atoms with E-state index in [4.69, 9.17) is 10.5 Å². The second-order valence-corrected chi connectivity index (χ2v) is 4.15. The fraction of sp³-hybridized carbons (Fsp3) is 0.455. The molecule has 16 heavy (non-hydrogen) atoms. The van der Waals surface area contributed by atoms with Crippen molar-refractivity contribution in [2.75, 3.05) is 13.7 Å². The first-order valence-corrected chi connectivity index (χ1v) is 4.88. The Morgan fingerprint density at radius 2 is 2.25 bits per heavy atom. The van der Waals surface area contributed by atoms with Gasteiger partial charge in [-0.1, -0.05) is 0 Å². The molecule has 0 fully saturated rings. The maximum Gasteiger partial charge on any atom is 0.356 e. The molecular formula is C11H16N2O3. The fourth-order valence-corrected chi connectivity index (χ4v) is 0.986. The van der Waals surface area contributed by atoms with Crippen LogP contribution >= 0.6 is 0 Å². The highest BCUT2D eigenvalue weighted by atomic mass is 16.5. The van der Waals surface area contributed by atoms with E-state index in [0.717, 1.165) is 0 Å². The van der Waals surface area contributed by atoms with Crippen LogP contribution in [0.1, 0.15) is 24.3 Å². The van der Waals surface area contributed by atoms with E-state index in [1.165, 1.54) is 19.4 Å². The minimum atomic E-state index is -0.488. The van der Waals surface area contributed by atoms with Gasteiger partial charge in [-0.2, -0.15) is 0 Å². The molecule has 1 aromatic heterocycles. The summed E-state index contributed by atoms with van der Waals surface area (Å²) in [6, 6.07) is 3.19. The van der Waals surface area contributed by atoms with E-state index in [1.807, 2.05) is 13.8 Å². The summed E-state index contributed by atoms with van der Waals surface area (Å²) >= 11 is 0. The van der Waals surface area contributed by atoms with Gasteiger partial charge in [0.2, 0.25) is 0 Å². The van der Waals surface area contributed by atoms with Gasteiger partial charge >= 0.3 is 5.97 Å². The molecule has 88 valence electrons. The molecule has 0 saturated carbocycles. The number of methoxy groups -OCH3 is 1. The van der Waals surface area contributed by atoms with Crippen molar-refractivity contribution in [3.8, 4) is 5.75 Å². The number of aromatic nitrogens is 1. The predicted molar refractivity (Wildman–Crippen MR) is 59.3 cm³/mol. The molecule has 0 saturated heterocycles. The van der Waals surface area contributed by atoms with E-state index < -0.39 is 11.5 Å². The quantitative estimate of drug-likeness (QED) is 0.772. The topological polar surface area (TPSA) is 74.4 Å². The van der Waals surface area contributed by atoms with E-state index in [-0.39, 0.29) is 5.69 Å². The number of esters is 1. The van der Waals surface area contributed by atoms with E-state index in [2.05, 4.69) is 9.72 Å². The maximum atomic E-state index is 11.2. The first kappa shape index (κ1) is 12.4. The Balaban J connectivity index is 2.71. The molecule has 0 bridgehead atoms. The van der Waals surface area contributed by atoms with Gasteiger partial charge in [0, 0.05) is 17.8 Å². The zero-order chi connectivity index (χ0) is 12.2. The van der Waals surface area contributed by atoms with Gasteiger partial charge in [0.1, 0.15) is 12.4 Å². The molecule has 0 spiro atoms. The zero-order valence-electron chi connectivity index (χ0n) is 9.69. The van der Waals surface area contributed by atoms with Crippen LogP contribution < -0.4 is 10.5 Å². The molecule has 0 aliphatic carbocycles. The molecule has 1 heterocycles. The third-order valence-electron chi connectivity index (χ3n) is 1.74. The van der Waals surface area contributed by atoms with Crippen molar-refractivity contribution in [2.24, 2.45) is 5.73 Å². The molecular weight excluding hydrogens is 208 g/mol. The molecule has 5 heteroatoms. The van der Waals surface area contributed by atoms with Crippen molar-refractivity contribution in [3.63, 3.8) is 0 Å². The third-order valence-corrected chi connectivity index (χ3v) is 1.74. The number of nitrogens with zero attached hydrogens (tertiary/aromatic N) is 1. The molecule has 0 aromatic carbocycles. The monoisotopic (exact) mass is 224 g/mol. The number of carbonyl (C=O) groups is 1. The highest BCUT2D eigenvalue weighted by Crippen LogP contribution is 2.13. The second kappa shape index (κ2) is 4.94. The average Bonchev–Trinajstić information content (AvgIpc) is 2.25. The SMILES string of the molecule is COC(=O)c1cc(OCC(C)(C)N)ccn1. The summed E-state index contributed by atoms with van der Waals surface area (Å²) in [5, 5.41) is 0. The van der Waals surface area contributed by atoms with Gasteiger partial charge < -0.3 is 15.2 Å². The van der Waals surface area contributed by atoms with Crippen LogP contribution in [0, 0.1) is 0 Å². The van der Waals surface area contributed by atoms with Gasteiger partial charge in [0.25, 0.3) is 0 Å². The van der Waals surface area contributed by atoms with E-state index >= 15 is 0 Å². The first-order chi connectivity index (χ1) is 7.42. The number of rotatable bonds is 4. The Hall–Kier alpha value is -1.62. The van der Waals surface area contributed by atoms with E-state index in [9.17, 15) is 4.79 Å². The lowest BCUT2D eigenvalue weighted by atomic mass is 10.1. The Labute approximate surface area is 94.6 Å². The zero-order valence-corrected chi connectivity index (χ0v) is 9.69. The van der Waals surface area contributed by atoms with Crippen molar-refractivity contribution >= 4 is 5.97 Å². The molecule has 1 aromatic rings. The number of carbonyl (C=O) groups excluding carboxylic acids is 1. The lowest BCUT2D eigenvalue weighted by molar-refractivity contribution is 0.0593. The molecule has 5 nitrogen and oxygen atoms in total. The highest BCUT2D eigenvalue weighted by Gasteiger charge is 2.13. The number of hydrogen-bond acceptors (Lipinski definition) is 5. The first-order valence-electron chi connectivity index (χ1n) is 4.88. The Morgan fingerprint density at radius 1 is 1.56 bits per heavy atom. The van der Waals surface area contributed by atoms with Crippen molar-refractivity contribution in [1.29, 1.82) is 0 Å². The number of hydrogen-bond donors (Lipinski definition) is 1. The summed E-state index contributed by atoms with van der Waals surface area (Å²) in [7, 11) is 1.31. The van der Waals surface area contributed by atoms with Crippen LogP contribution in [-0.4, -0.2) is 30.2 Å². The molecule has 0 atom stereocenters. The van der Waals surface area contributed by atoms with E-state index in [1.54, 1.807) is 6.07 Å². The molecule has 0 aliphatic heterocycles. The summed E-state index contributed by atoms with van der Waals surface area (Å²) in [5.41, 5.74) is 5.57. The van der Waals surface area contributed by atoms with Crippen molar-refractivity contribution in [2.45, 2.75) is 19.4 Å². The molecule has 0 aliphatic rings. The second-order valence-electron chi connectivity index (χ2n) is 4.15. The maximum absolute atomic E-state index is 11.2. The molecule has 1 rings (SSSR count). The lowest BCUT2D eigenvalue weighted by Crippen LogP contribution is -2.38. The summed E-state index contributed by atoms with van der Waals surface area (Å²) in [6.07, 6.45) is 1.49. The smallest absolute Gasteiger partial charge is 0.356 e. The molecule has 2 N–H and O–H groups in total. The van der Waals surface area contributed by atoms with Gasteiger partial charge in [0.05, 0.1) is 7.11 Å². The van der Waals surface area contributed by atoms with Crippen molar-refractivity contribution in [1.82, 2.24) is 4.98 Å². The van der Waals surface area contributed by atoms with Gasteiger partial charge in [-0.3, -0.25) is 0 Å². The van der Waals surface area contributed by atoms with Crippen LogP contribution in [0.5, 0.6) is 5.75 Å². The summed E-state index contributed by atoms with van der Waals surface area (Å²) in [6.45, 7) is 4.07. The van der Waals surface area contributed by atoms with Crippen LogP contribution in [0.4, 0.5) is 0 Å². The fourth-order valence-electron chi connectivity index (χ4n) is 0.986. The largest absolute Gasteiger partial charge is 0.492 e. The lowest BCUT2D eigenvalue weighted by Gasteiger charge is -2.18. The Kier molecular flexibility index (Phi) is 3.84. The number of pyridine rings is 1. The summed E-state index contributed by atoms with van der Waals surface area (Å²) in [5.74, 6) is 0.0615. The average molecular weight is 224 g/mol. The standard InChI is InChI=1S/C11H16N2O3/c1-11(2,12)7-16-8-4-5-13-9(6-8)10(14)15-3/h4-6H,7,12H2,1-3H3. The van der Waals surface area contributed by atoms with Gasteiger partial charge in [-0.05, 0) is 19.9 Å². The van der Waals surface area contributed by atoms with Crippen LogP contribution in [0.3, 0.4) is 0 Å². The minimum absolute atomic E-state index is 0.217. The third kappa shape index (κ3) is 3.86. The molecule has 0 unspecified atom stereocenters. The summed E-state index contributed by atoms with van der Waals surface area (Å²) in [4.78, 5) is 15.1. The van der Waals surface area contributed by atoms with Gasteiger partial charge in [-0.25, -0.2) is 9.78 Å². The predicted octanol–water partition coefficient (Wildman–Crippen LogP) is 0.984. The van der Waals surface area contributed by atoms with E-state index in [0.29, 0.717) is 12.4 Å².